The van der Waals surface area contributed by atoms with Gasteiger partial charge in [0.05, 0.1) is 52.0 Å². The molecule has 0 aliphatic carbocycles. The van der Waals surface area contributed by atoms with Gasteiger partial charge in [-0.1, -0.05) is 75.9 Å². The highest BCUT2D eigenvalue weighted by atomic mass is 79.9. The van der Waals surface area contributed by atoms with E-state index in [2.05, 4.69) is 45.8 Å². The van der Waals surface area contributed by atoms with Gasteiger partial charge in [0.15, 0.2) is 15.1 Å². The highest BCUT2D eigenvalue weighted by Gasteiger charge is 2.17. The third kappa shape index (κ3) is 18.0. The van der Waals surface area contributed by atoms with Gasteiger partial charge in [-0.15, -0.1) is 0 Å². The number of fused-ring (bicyclic) bond motifs is 3. The van der Waals surface area contributed by atoms with Crippen molar-refractivity contribution in [3.05, 3.63) is 109 Å². The molecular formula is C41H47BrN6O9S3. The molecule has 0 atom stereocenters. The number of hydrogen-bond donors (Lipinski definition) is 5. The number of para-hydroxylation sites is 3. The first kappa shape index (κ1) is 49.3. The standard InChI is InChI=1S/C15H18N2O3S.C11H10N2O3S.C8H6N2OS.C7H13BrO2/c1-15(2,3)20-12(18)8-9-21-14-16-11-7-5-4-6-10(11)13(19)17-14;14-9(15)5-6-17-11-12-8-4-2-1-3-7(8)10(16)13-11;11-7-5-3-1-2-4-6(5)9-8(12)10-7;1-7(2,3)10-6(9)4-5-8/h4-7H,8-9H2,1-3H3,(H,16,17,19);1-4H,5-6H2,(H,14,15)(H,12,13,16);1-4H,(H2,9,10,11,12);4-5H2,1-3H3. The lowest BCUT2D eigenvalue weighted by Gasteiger charge is -2.19. The number of aromatic nitrogens is 6. The quantitative estimate of drug-likeness (QED) is 0.0289. The average molecular weight is 944 g/mol. The summed E-state index contributed by atoms with van der Waals surface area (Å²) in [6.07, 6.45) is 0.761. The summed E-state index contributed by atoms with van der Waals surface area (Å²) in [4.78, 5) is 86.9. The van der Waals surface area contributed by atoms with Crippen molar-refractivity contribution in [3.63, 3.8) is 0 Å². The van der Waals surface area contributed by atoms with E-state index in [0.717, 1.165) is 5.52 Å². The van der Waals surface area contributed by atoms with Gasteiger partial charge in [-0.25, -0.2) is 9.97 Å². The summed E-state index contributed by atoms with van der Waals surface area (Å²) in [5.41, 5.74) is 0.709. The number of carbonyl (C=O) groups excluding carboxylic acids is 2. The number of halogens is 1. The topological polar surface area (TPSA) is 230 Å². The van der Waals surface area contributed by atoms with Gasteiger partial charge < -0.3 is 29.5 Å². The Balaban J connectivity index is 0.000000222. The van der Waals surface area contributed by atoms with Crippen molar-refractivity contribution in [2.45, 2.75) is 82.3 Å². The summed E-state index contributed by atoms with van der Waals surface area (Å²) in [7, 11) is 0. The summed E-state index contributed by atoms with van der Waals surface area (Å²) in [6, 6.07) is 21.4. The molecule has 0 aliphatic heterocycles. The number of aromatic amines is 4. The van der Waals surface area contributed by atoms with Crippen LogP contribution in [-0.4, -0.2) is 81.0 Å². The van der Waals surface area contributed by atoms with Crippen molar-refractivity contribution in [1.29, 1.82) is 0 Å². The lowest BCUT2D eigenvalue weighted by Crippen LogP contribution is -2.24. The number of carboxylic acids is 1. The highest BCUT2D eigenvalue weighted by Crippen LogP contribution is 2.18. The van der Waals surface area contributed by atoms with Crippen molar-refractivity contribution in [2.24, 2.45) is 0 Å². The molecule has 0 amide bonds. The van der Waals surface area contributed by atoms with Crippen molar-refractivity contribution in [1.82, 2.24) is 29.9 Å². The molecule has 19 heteroatoms. The summed E-state index contributed by atoms with van der Waals surface area (Å²) < 4.78 is 10.6. The number of rotatable bonds is 10. The molecule has 5 N–H and O–H groups in total. The van der Waals surface area contributed by atoms with E-state index >= 15 is 0 Å². The van der Waals surface area contributed by atoms with Gasteiger partial charge in [0.1, 0.15) is 11.2 Å². The lowest BCUT2D eigenvalue weighted by molar-refractivity contribution is -0.155. The van der Waals surface area contributed by atoms with E-state index in [-0.39, 0.29) is 47.1 Å². The van der Waals surface area contributed by atoms with Gasteiger partial charge >= 0.3 is 17.9 Å². The molecule has 320 valence electrons. The first-order valence-corrected chi connectivity index (χ1v) is 21.9. The zero-order valence-corrected chi connectivity index (χ0v) is 37.9. The Morgan fingerprint density at radius 1 is 0.633 bits per heavy atom. The molecule has 0 fully saturated rings. The lowest BCUT2D eigenvalue weighted by atomic mass is 10.2. The Labute approximate surface area is 367 Å². The van der Waals surface area contributed by atoms with Gasteiger partial charge in [0.2, 0.25) is 0 Å². The molecule has 0 unspecified atom stereocenters. The molecular weight excluding hydrogens is 897 g/mol. The van der Waals surface area contributed by atoms with Crippen LogP contribution in [0.5, 0.6) is 0 Å². The maximum Gasteiger partial charge on any atom is 0.307 e. The molecule has 6 aromatic rings. The van der Waals surface area contributed by atoms with Crippen LogP contribution in [0.2, 0.25) is 0 Å². The number of nitrogens with one attached hydrogen (secondary N) is 4. The highest BCUT2D eigenvalue weighted by molar-refractivity contribution is 9.09. The monoisotopic (exact) mass is 942 g/mol. The zero-order chi connectivity index (χ0) is 44.5. The minimum atomic E-state index is -0.861. The van der Waals surface area contributed by atoms with Crippen LogP contribution in [0.4, 0.5) is 0 Å². The fourth-order valence-corrected chi connectivity index (χ4v) is 6.82. The average Bonchev–Trinajstić information content (AvgIpc) is 3.14. The van der Waals surface area contributed by atoms with Crippen molar-refractivity contribution in [3.8, 4) is 0 Å². The number of carboxylic acid groups (broad SMARTS) is 1. The second kappa shape index (κ2) is 23.6. The third-order valence-corrected chi connectivity index (χ3v) is 9.42. The van der Waals surface area contributed by atoms with Crippen molar-refractivity contribution in [2.75, 3.05) is 16.8 Å². The molecule has 0 saturated carbocycles. The van der Waals surface area contributed by atoms with E-state index < -0.39 is 11.6 Å². The summed E-state index contributed by atoms with van der Waals surface area (Å²) >= 11 is 10.5. The van der Waals surface area contributed by atoms with Crippen LogP contribution < -0.4 is 16.7 Å². The second-order valence-electron chi connectivity index (χ2n) is 14.4. The molecule has 3 heterocycles. The Bertz CT molecular complexity index is 2630. The maximum atomic E-state index is 11.9. The predicted octanol–water partition coefficient (Wildman–Crippen LogP) is 7.94. The Hall–Kier alpha value is -5.11. The van der Waals surface area contributed by atoms with Crippen LogP contribution in [0.3, 0.4) is 0 Å². The fourth-order valence-electron chi connectivity index (χ4n) is 4.71. The largest absolute Gasteiger partial charge is 0.481 e. The molecule has 15 nitrogen and oxygen atoms in total. The van der Waals surface area contributed by atoms with Gasteiger partial charge in [-0.3, -0.25) is 33.8 Å². The molecule has 6 rings (SSSR count). The van der Waals surface area contributed by atoms with Crippen LogP contribution in [0.25, 0.3) is 32.7 Å². The SMILES string of the molecule is CC(C)(C)OC(=O)CCBr.CC(C)(C)OC(=O)CCSc1nc2ccccc2c(=O)[nH]1.O=C(O)CCSc1nc2ccccc2c(=O)[nH]1.O=c1[nH]c(=S)[nH]c2ccccc12. The Morgan fingerprint density at radius 3 is 1.52 bits per heavy atom. The summed E-state index contributed by atoms with van der Waals surface area (Å²) in [5, 5.41) is 11.9. The zero-order valence-electron chi connectivity index (χ0n) is 33.9. The summed E-state index contributed by atoms with van der Waals surface area (Å²) in [5.74, 6) is -0.365. The van der Waals surface area contributed by atoms with Gasteiger partial charge in [0, 0.05) is 16.8 Å². The maximum absolute atomic E-state index is 11.9. The number of benzene rings is 3. The molecule has 0 saturated heterocycles. The number of aliphatic carboxylic acids is 1. The smallest absolute Gasteiger partial charge is 0.307 e. The third-order valence-electron chi connectivity index (χ3n) is 7.07. The predicted molar refractivity (Wildman–Crippen MR) is 243 cm³/mol. The van der Waals surface area contributed by atoms with E-state index in [0.29, 0.717) is 65.5 Å². The van der Waals surface area contributed by atoms with Crippen LogP contribution in [0, 0.1) is 4.77 Å². The van der Waals surface area contributed by atoms with Gasteiger partial charge in [-0.2, -0.15) is 0 Å². The number of ether oxygens (including phenoxy) is 2. The first-order valence-electron chi connectivity index (χ1n) is 18.4. The molecule has 0 radical (unpaired) electrons. The summed E-state index contributed by atoms with van der Waals surface area (Å²) in [6.45, 7) is 11.1. The molecule has 3 aromatic heterocycles. The van der Waals surface area contributed by atoms with Crippen LogP contribution in [-0.2, 0) is 23.9 Å². The number of H-pyrrole nitrogens is 4. The van der Waals surface area contributed by atoms with Gasteiger partial charge in [-0.05, 0) is 90.2 Å². The van der Waals surface area contributed by atoms with Crippen LogP contribution in [0.15, 0.2) is 97.5 Å². The molecule has 3 aromatic carbocycles. The van der Waals surface area contributed by atoms with Crippen LogP contribution in [0.1, 0.15) is 60.8 Å². The first-order chi connectivity index (χ1) is 28.2. The molecule has 0 aliphatic rings. The molecule has 0 spiro atoms. The number of esters is 2. The van der Waals surface area contributed by atoms with Crippen LogP contribution >= 0.6 is 51.7 Å². The number of nitrogens with zero attached hydrogens (tertiary/aromatic N) is 2. The van der Waals surface area contributed by atoms with E-state index in [1.807, 2.05) is 65.8 Å². The number of alkyl halides is 1. The fraction of sp³-hybridized carbons (Fsp3) is 0.341. The van der Waals surface area contributed by atoms with E-state index in [1.54, 1.807) is 48.5 Å². The van der Waals surface area contributed by atoms with Crippen molar-refractivity contribution < 1.29 is 29.0 Å². The minimum Gasteiger partial charge on any atom is -0.481 e. The second-order valence-corrected chi connectivity index (χ2v) is 17.8. The van der Waals surface area contributed by atoms with E-state index in [1.165, 1.54) is 23.5 Å². The Morgan fingerprint density at radius 2 is 1.05 bits per heavy atom. The van der Waals surface area contributed by atoms with Gasteiger partial charge in [0.25, 0.3) is 16.7 Å². The number of hydrogen-bond acceptors (Lipinski definition) is 13. The number of carbonyl (C=O) groups is 3. The Kier molecular flexibility index (Phi) is 19.4. The molecule has 0 bridgehead atoms. The number of thioether (sulfide) groups is 2. The molecule has 60 heavy (non-hydrogen) atoms. The minimum absolute atomic E-state index is 0.0429. The van der Waals surface area contributed by atoms with E-state index in [9.17, 15) is 28.8 Å². The van der Waals surface area contributed by atoms with E-state index in [4.69, 9.17) is 26.8 Å². The normalized spacial score (nSPS) is 11.0. The van der Waals surface area contributed by atoms with Crippen molar-refractivity contribution >= 4 is 102 Å².